The molecule has 0 spiro atoms. The number of carbonyl (C=O) groups excluding carboxylic acids is 1. The van der Waals surface area contributed by atoms with Crippen LogP contribution in [-0.2, 0) is 17.8 Å². The minimum Gasteiger partial charge on any atom is -0.481 e. The minimum atomic E-state index is -0.391. The van der Waals surface area contributed by atoms with Crippen LogP contribution in [-0.4, -0.2) is 23.0 Å². The van der Waals surface area contributed by atoms with Gasteiger partial charge in [-0.25, -0.2) is 4.98 Å². The van der Waals surface area contributed by atoms with E-state index in [0.29, 0.717) is 30.1 Å². The minimum absolute atomic E-state index is 0.102. The van der Waals surface area contributed by atoms with Crippen molar-refractivity contribution in [2.24, 2.45) is 0 Å². The summed E-state index contributed by atoms with van der Waals surface area (Å²) >= 11 is 0. The molecule has 2 heterocycles. The number of amides is 1. The number of nitrogens with one attached hydrogen (secondary N) is 2. The largest absolute Gasteiger partial charge is 0.481 e. The van der Waals surface area contributed by atoms with Gasteiger partial charge < -0.3 is 15.0 Å². The highest BCUT2D eigenvalue weighted by atomic mass is 16.5. The van der Waals surface area contributed by atoms with E-state index in [4.69, 9.17) is 10.00 Å². The molecule has 0 aliphatic carbocycles. The second-order valence-electron chi connectivity index (χ2n) is 5.66. The Kier molecular flexibility index (Phi) is 5.90. The number of hydrogen-bond donors (Lipinski definition) is 2. The van der Waals surface area contributed by atoms with Crippen molar-refractivity contribution in [2.45, 2.75) is 33.2 Å². The molecule has 7 nitrogen and oxygen atoms in total. The fourth-order valence-electron chi connectivity index (χ4n) is 2.58. The second-order valence-corrected chi connectivity index (χ2v) is 5.66. The fraction of sp³-hybridized carbons (Fsp3) is 0.333. The maximum Gasteiger partial charge on any atom is 0.266 e. The quantitative estimate of drug-likeness (QED) is 0.829. The van der Waals surface area contributed by atoms with Gasteiger partial charge in [0.25, 0.3) is 5.56 Å². The summed E-state index contributed by atoms with van der Waals surface area (Å²) in [6, 6.07) is 5.48. The zero-order chi connectivity index (χ0) is 18.4. The lowest BCUT2D eigenvalue weighted by Gasteiger charge is -2.11. The summed E-state index contributed by atoms with van der Waals surface area (Å²) in [6.07, 6.45) is 2.37. The molecular formula is C18H20N4O3. The molecule has 7 heteroatoms. The number of methoxy groups -OCH3 is 1. The third-order valence-electron chi connectivity index (χ3n) is 4.02. The number of rotatable bonds is 6. The van der Waals surface area contributed by atoms with Crippen molar-refractivity contribution < 1.29 is 9.53 Å². The third kappa shape index (κ3) is 4.44. The maximum atomic E-state index is 12.1. The number of pyridine rings is 2. The Morgan fingerprint density at radius 1 is 1.40 bits per heavy atom. The van der Waals surface area contributed by atoms with Gasteiger partial charge in [0.05, 0.1) is 7.11 Å². The van der Waals surface area contributed by atoms with Gasteiger partial charge in [0.1, 0.15) is 11.6 Å². The summed E-state index contributed by atoms with van der Waals surface area (Å²) < 4.78 is 4.99. The van der Waals surface area contributed by atoms with Crippen LogP contribution in [0.5, 0.6) is 5.88 Å². The highest BCUT2D eigenvalue weighted by molar-refractivity contribution is 5.76. The van der Waals surface area contributed by atoms with Crippen molar-refractivity contribution in [1.82, 2.24) is 15.3 Å². The zero-order valence-corrected chi connectivity index (χ0v) is 14.5. The van der Waals surface area contributed by atoms with Crippen LogP contribution in [0.15, 0.2) is 23.1 Å². The Hall–Kier alpha value is -3.14. The van der Waals surface area contributed by atoms with Crippen molar-refractivity contribution >= 4 is 5.91 Å². The van der Waals surface area contributed by atoms with E-state index in [1.807, 2.05) is 12.1 Å². The fourth-order valence-corrected chi connectivity index (χ4v) is 2.58. The van der Waals surface area contributed by atoms with Crippen LogP contribution in [0.1, 0.15) is 34.4 Å². The van der Waals surface area contributed by atoms with Gasteiger partial charge in [-0.15, -0.1) is 0 Å². The molecule has 2 aromatic heterocycles. The van der Waals surface area contributed by atoms with Gasteiger partial charge in [-0.2, -0.15) is 5.26 Å². The number of aromatic nitrogens is 2. The number of nitrogens with zero attached hydrogens (tertiary/aromatic N) is 2. The van der Waals surface area contributed by atoms with Crippen LogP contribution < -0.4 is 15.6 Å². The topological polar surface area (TPSA) is 108 Å². The van der Waals surface area contributed by atoms with Crippen molar-refractivity contribution in [3.05, 3.63) is 56.6 Å². The van der Waals surface area contributed by atoms with Gasteiger partial charge in [0, 0.05) is 30.9 Å². The number of aryl methyl sites for hydroxylation is 1. The van der Waals surface area contributed by atoms with Gasteiger partial charge in [0.2, 0.25) is 11.8 Å². The van der Waals surface area contributed by atoms with Crippen molar-refractivity contribution in [2.75, 3.05) is 7.11 Å². The normalized spacial score (nSPS) is 10.2. The number of ether oxygens (including phenoxy) is 1. The van der Waals surface area contributed by atoms with Crippen LogP contribution in [0.4, 0.5) is 0 Å². The van der Waals surface area contributed by atoms with E-state index in [0.717, 1.165) is 11.1 Å². The van der Waals surface area contributed by atoms with Crippen LogP contribution >= 0.6 is 0 Å². The molecule has 2 N–H and O–H groups in total. The number of carbonyl (C=O) groups is 1. The highest BCUT2D eigenvalue weighted by Crippen LogP contribution is 2.15. The molecule has 25 heavy (non-hydrogen) atoms. The van der Waals surface area contributed by atoms with Gasteiger partial charge >= 0.3 is 0 Å². The molecule has 0 saturated heterocycles. The molecule has 2 rings (SSSR count). The first kappa shape index (κ1) is 18.2. The van der Waals surface area contributed by atoms with Gasteiger partial charge in [-0.3, -0.25) is 9.59 Å². The number of aromatic amines is 1. The predicted molar refractivity (Wildman–Crippen MR) is 92.2 cm³/mol. The average Bonchev–Trinajstić information content (AvgIpc) is 2.60. The smallest absolute Gasteiger partial charge is 0.266 e. The van der Waals surface area contributed by atoms with Crippen LogP contribution in [0, 0.1) is 25.2 Å². The molecule has 0 saturated carbocycles. The van der Waals surface area contributed by atoms with E-state index >= 15 is 0 Å². The molecule has 0 unspecified atom stereocenters. The molecule has 0 atom stereocenters. The van der Waals surface area contributed by atoms with Crippen molar-refractivity contribution in [1.29, 1.82) is 5.26 Å². The van der Waals surface area contributed by atoms with E-state index in [2.05, 4.69) is 15.3 Å². The molecule has 0 fully saturated rings. The Balaban J connectivity index is 1.96. The van der Waals surface area contributed by atoms with Crippen LogP contribution in [0.2, 0.25) is 0 Å². The van der Waals surface area contributed by atoms with Gasteiger partial charge in [0.15, 0.2) is 0 Å². The van der Waals surface area contributed by atoms with Crippen LogP contribution in [0.3, 0.4) is 0 Å². The summed E-state index contributed by atoms with van der Waals surface area (Å²) in [5.74, 6) is 0.409. The lowest BCUT2D eigenvalue weighted by atomic mass is 9.99. The Labute approximate surface area is 145 Å². The van der Waals surface area contributed by atoms with Crippen molar-refractivity contribution in [3.63, 3.8) is 0 Å². The first-order chi connectivity index (χ1) is 12.0. The first-order valence-electron chi connectivity index (χ1n) is 7.84. The number of H-pyrrole nitrogens is 1. The maximum absolute atomic E-state index is 12.1. The molecule has 0 bridgehead atoms. The lowest BCUT2D eigenvalue weighted by Crippen LogP contribution is -2.24. The lowest BCUT2D eigenvalue weighted by molar-refractivity contribution is -0.121. The number of hydrogen-bond acceptors (Lipinski definition) is 5. The molecule has 1 amide bonds. The van der Waals surface area contributed by atoms with E-state index in [-0.39, 0.29) is 17.9 Å². The average molecular weight is 340 g/mol. The highest BCUT2D eigenvalue weighted by Gasteiger charge is 2.13. The second kappa shape index (κ2) is 8.11. The Morgan fingerprint density at radius 3 is 2.76 bits per heavy atom. The summed E-state index contributed by atoms with van der Waals surface area (Å²) in [4.78, 5) is 30.5. The Morgan fingerprint density at radius 2 is 2.16 bits per heavy atom. The molecular weight excluding hydrogens is 320 g/mol. The van der Waals surface area contributed by atoms with Crippen LogP contribution in [0.25, 0.3) is 0 Å². The van der Waals surface area contributed by atoms with E-state index < -0.39 is 5.56 Å². The monoisotopic (exact) mass is 340 g/mol. The predicted octanol–water partition coefficient (Wildman–Crippen LogP) is 1.52. The van der Waals surface area contributed by atoms with Gasteiger partial charge in [-0.05, 0) is 37.0 Å². The third-order valence-corrected chi connectivity index (χ3v) is 4.02. The summed E-state index contributed by atoms with van der Waals surface area (Å²) in [5.41, 5.74) is 2.74. The van der Waals surface area contributed by atoms with E-state index in [9.17, 15) is 9.59 Å². The number of nitriles is 1. The SMILES string of the molecule is COc1ccc(CNC(=O)CCc2c(C)[nH]c(=O)c(C#N)c2C)cn1. The summed E-state index contributed by atoms with van der Waals surface area (Å²) in [6.45, 7) is 3.88. The Bertz CT molecular complexity index is 864. The summed E-state index contributed by atoms with van der Waals surface area (Å²) in [7, 11) is 1.54. The molecule has 2 aromatic rings. The van der Waals surface area contributed by atoms with E-state index in [1.54, 1.807) is 33.2 Å². The first-order valence-corrected chi connectivity index (χ1v) is 7.84. The summed E-state index contributed by atoms with van der Waals surface area (Å²) in [5, 5.41) is 11.9. The molecule has 0 radical (unpaired) electrons. The van der Waals surface area contributed by atoms with Gasteiger partial charge in [-0.1, -0.05) is 6.07 Å². The molecule has 0 aromatic carbocycles. The molecule has 130 valence electrons. The molecule has 0 aliphatic rings. The zero-order valence-electron chi connectivity index (χ0n) is 14.5. The van der Waals surface area contributed by atoms with E-state index in [1.165, 1.54) is 0 Å². The standard InChI is InChI=1S/C18H20N4O3/c1-11-14(12(2)22-18(24)15(11)8-19)5-6-16(23)20-9-13-4-7-17(25-3)21-10-13/h4,7,10H,5-6,9H2,1-3H3,(H,20,23)(H,22,24). The van der Waals surface area contributed by atoms with Crippen molar-refractivity contribution in [3.8, 4) is 11.9 Å². The molecule has 0 aliphatic heterocycles.